The Hall–Kier alpha value is -1.88. The second-order valence-corrected chi connectivity index (χ2v) is 4.49. The van der Waals surface area contributed by atoms with Gasteiger partial charge in [-0.05, 0) is 23.6 Å². The maximum absolute atomic E-state index is 11.6. The lowest BCUT2D eigenvalue weighted by molar-refractivity contribution is -0.123. The molecule has 1 amide bonds. The summed E-state index contributed by atoms with van der Waals surface area (Å²) in [4.78, 5) is 22.4. The summed E-state index contributed by atoms with van der Waals surface area (Å²) >= 11 is 0. The van der Waals surface area contributed by atoms with Crippen LogP contribution in [-0.4, -0.2) is 23.0 Å². The number of aromatic carboxylic acids is 1. The highest BCUT2D eigenvalue weighted by Gasteiger charge is 2.16. The maximum Gasteiger partial charge on any atom is 0.335 e. The third-order valence-electron chi connectivity index (χ3n) is 2.66. The van der Waals surface area contributed by atoms with Crippen molar-refractivity contribution in [2.24, 2.45) is 11.7 Å². The van der Waals surface area contributed by atoms with Crippen LogP contribution in [0.1, 0.15) is 29.8 Å². The van der Waals surface area contributed by atoms with E-state index in [0.717, 1.165) is 5.56 Å². The number of carbonyl (C=O) groups excluding carboxylic acids is 1. The quantitative estimate of drug-likeness (QED) is 0.726. The highest BCUT2D eigenvalue weighted by atomic mass is 16.4. The van der Waals surface area contributed by atoms with Gasteiger partial charge in [-0.25, -0.2) is 4.79 Å². The smallest absolute Gasteiger partial charge is 0.335 e. The van der Waals surface area contributed by atoms with Crippen LogP contribution in [0.15, 0.2) is 24.3 Å². The molecule has 0 saturated heterocycles. The summed E-state index contributed by atoms with van der Waals surface area (Å²) < 4.78 is 0. The standard InChI is InChI=1S/C13H18N2O3/c1-8(2)11(14)12(16)15-7-9-4-3-5-10(6-9)13(17)18/h3-6,8,11H,7,14H2,1-2H3,(H,15,16)(H,17,18)/t11-/m1/s1. The van der Waals surface area contributed by atoms with Crippen LogP contribution < -0.4 is 11.1 Å². The molecular formula is C13H18N2O3. The van der Waals surface area contributed by atoms with E-state index in [-0.39, 0.29) is 23.9 Å². The fourth-order valence-corrected chi connectivity index (χ4v) is 1.42. The third kappa shape index (κ3) is 3.85. The van der Waals surface area contributed by atoms with Crippen molar-refractivity contribution < 1.29 is 14.7 Å². The molecule has 0 unspecified atom stereocenters. The molecular weight excluding hydrogens is 232 g/mol. The van der Waals surface area contributed by atoms with Gasteiger partial charge < -0.3 is 16.2 Å². The molecule has 0 aliphatic heterocycles. The second kappa shape index (κ2) is 6.16. The van der Waals surface area contributed by atoms with Gasteiger partial charge in [-0.15, -0.1) is 0 Å². The molecule has 0 saturated carbocycles. The number of benzene rings is 1. The van der Waals surface area contributed by atoms with Gasteiger partial charge in [-0.3, -0.25) is 4.79 Å². The summed E-state index contributed by atoms with van der Waals surface area (Å²) in [6.07, 6.45) is 0. The molecule has 5 nitrogen and oxygen atoms in total. The van der Waals surface area contributed by atoms with E-state index in [4.69, 9.17) is 10.8 Å². The van der Waals surface area contributed by atoms with Crippen LogP contribution in [-0.2, 0) is 11.3 Å². The average Bonchev–Trinajstić information content (AvgIpc) is 2.35. The van der Waals surface area contributed by atoms with Crippen LogP contribution >= 0.6 is 0 Å². The molecule has 18 heavy (non-hydrogen) atoms. The molecule has 0 radical (unpaired) electrons. The molecule has 4 N–H and O–H groups in total. The van der Waals surface area contributed by atoms with Crippen molar-refractivity contribution in [3.63, 3.8) is 0 Å². The Morgan fingerprint density at radius 1 is 1.39 bits per heavy atom. The average molecular weight is 250 g/mol. The number of rotatable bonds is 5. The first kappa shape index (κ1) is 14.2. The van der Waals surface area contributed by atoms with Crippen LogP contribution in [0.3, 0.4) is 0 Å². The molecule has 0 aromatic heterocycles. The SMILES string of the molecule is CC(C)[C@@H](N)C(=O)NCc1cccc(C(=O)O)c1. The molecule has 0 aliphatic rings. The van der Waals surface area contributed by atoms with Crippen molar-refractivity contribution in [3.8, 4) is 0 Å². The van der Waals surface area contributed by atoms with E-state index in [1.165, 1.54) is 12.1 Å². The minimum atomic E-state index is -0.984. The highest BCUT2D eigenvalue weighted by molar-refractivity contribution is 5.87. The van der Waals surface area contributed by atoms with Crippen molar-refractivity contribution in [1.29, 1.82) is 0 Å². The van der Waals surface area contributed by atoms with Gasteiger partial charge in [-0.2, -0.15) is 0 Å². The number of carboxylic acid groups (broad SMARTS) is 1. The molecule has 0 bridgehead atoms. The first-order valence-corrected chi connectivity index (χ1v) is 5.77. The number of hydrogen-bond donors (Lipinski definition) is 3. The van der Waals surface area contributed by atoms with E-state index in [2.05, 4.69) is 5.32 Å². The zero-order valence-corrected chi connectivity index (χ0v) is 10.5. The molecule has 1 rings (SSSR count). The maximum atomic E-state index is 11.6. The topological polar surface area (TPSA) is 92.4 Å². The molecule has 0 aliphatic carbocycles. The van der Waals surface area contributed by atoms with Crippen molar-refractivity contribution >= 4 is 11.9 Å². The summed E-state index contributed by atoms with van der Waals surface area (Å²) in [5, 5.41) is 11.5. The fraction of sp³-hybridized carbons (Fsp3) is 0.385. The second-order valence-electron chi connectivity index (χ2n) is 4.49. The molecule has 1 atom stereocenters. The monoisotopic (exact) mass is 250 g/mol. The van der Waals surface area contributed by atoms with E-state index in [9.17, 15) is 9.59 Å². The first-order valence-electron chi connectivity index (χ1n) is 5.77. The van der Waals surface area contributed by atoms with Crippen molar-refractivity contribution in [2.75, 3.05) is 0 Å². The zero-order chi connectivity index (χ0) is 13.7. The summed E-state index contributed by atoms with van der Waals surface area (Å²) in [7, 11) is 0. The normalized spacial score (nSPS) is 12.2. The van der Waals surface area contributed by atoms with Crippen molar-refractivity contribution in [2.45, 2.75) is 26.4 Å². The number of carboxylic acids is 1. The van der Waals surface area contributed by atoms with Crippen molar-refractivity contribution in [1.82, 2.24) is 5.32 Å². The summed E-state index contributed by atoms with van der Waals surface area (Å²) in [5.41, 5.74) is 6.64. The largest absolute Gasteiger partial charge is 0.478 e. The van der Waals surface area contributed by atoms with Gasteiger partial charge in [0.25, 0.3) is 0 Å². The minimum absolute atomic E-state index is 0.0651. The predicted octanol–water partition coefficient (Wildman–Crippen LogP) is 0.984. The van der Waals surface area contributed by atoms with Gasteiger partial charge in [0.15, 0.2) is 0 Å². The summed E-state index contributed by atoms with van der Waals surface area (Å²) in [6.45, 7) is 4.02. The molecule has 5 heteroatoms. The van der Waals surface area contributed by atoms with E-state index >= 15 is 0 Å². The van der Waals surface area contributed by atoms with Gasteiger partial charge in [-0.1, -0.05) is 26.0 Å². The number of carbonyl (C=O) groups is 2. The number of hydrogen-bond acceptors (Lipinski definition) is 3. The van der Waals surface area contributed by atoms with E-state index < -0.39 is 12.0 Å². The lowest BCUT2D eigenvalue weighted by atomic mass is 10.0. The third-order valence-corrected chi connectivity index (χ3v) is 2.66. The Morgan fingerprint density at radius 3 is 2.61 bits per heavy atom. The van der Waals surface area contributed by atoms with Crippen LogP contribution in [0.25, 0.3) is 0 Å². The molecule has 0 heterocycles. The fourth-order valence-electron chi connectivity index (χ4n) is 1.42. The Kier molecular flexibility index (Phi) is 4.85. The lowest BCUT2D eigenvalue weighted by Gasteiger charge is -2.15. The number of amides is 1. The highest BCUT2D eigenvalue weighted by Crippen LogP contribution is 2.05. The lowest BCUT2D eigenvalue weighted by Crippen LogP contribution is -2.43. The van der Waals surface area contributed by atoms with Crippen LogP contribution in [0.5, 0.6) is 0 Å². The Morgan fingerprint density at radius 2 is 2.06 bits per heavy atom. The number of nitrogens with one attached hydrogen (secondary N) is 1. The van der Waals surface area contributed by atoms with E-state index in [0.29, 0.717) is 0 Å². The van der Waals surface area contributed by atoms with Gasteiger partial charge in [0, 0.05) is 6.54 Å². The van der Waals surface area contributed by atoms with Crippen LogP contribution in [0.4, 0.5) is 0 Å². The van der Waals surface area contributed by atoms with Gasteiger partial charge >= 0.3 is 5.97 Å². The van der Waals surface area contributed by atoms with Gasteiger partial charge in [0.1, 0.15) is 0 Å². The Bertz CT molecular complexity index is 444. The molecule has 98 valence electrons. The molecule has 1 aromatic rings. The zero-order valence-electron chi connectivity index (χ0n) is 10.5. The Labute approximate surface area is 106 Å². The number of nitrogens with two attached hydrogens (primary N) is 1. The molecule has 0 fully saturated rings. The van der Waals surface area contributed by atoms with Crippen molar-refractivity contribution in [3.05, 3.63) is 35.4 Å². The van der Waals surface area contributed by atoms with Gasteiger partial charge in [0.2, 0.25) is 5.91 Å². The summed E-state index contributed by atoms with van der Waals surface area (Å²) in [6, 6.07) is 5.89. The first-order chi connectivity index (χ1) is 8.41. The summed E-state index contributed by atoms with van der Waals surface area (Å²) in [5.74, 6) is -1.15. The minimum Gasteiger partial charge on any atom is -0.478 e. The van der Waals surface area contributed by atoms with E-state index in [1.807, 2.05) is 13.8 Å². The molecule has 1 aromatic carbocycles. The Balaban J connectivity index is 2.61. The molecule has 0 spiro atoms. The van der Waals surface area contributed by atoms with E-state index in [1.54, 1.807) is 12.1 Å². The predicted molar refractivity (Wildman–Crippen MR) is 68.1 cm³/mol. The van der Waals surface area contributed by atoms with Crippen LogP contribution in [0, 0.1) is 5.92 Å². The van der Waals surface area contributed by atoms with Crippen LogP contribution in [0.2, 0.25) is 0 Å². The van der Waals surface area contributed by atoms with Gasteiger partial charge in [0.05, 0.1) is 11.6 Å².